The molecule has 13 rings (SSSR count). The van der Waals surface area contributed by atoms with Crippen LogP contribution < -0.4 is 26.2 Å². The molecule has 0 saturated carbocycles. The van der Waals surface area contributed by atoms with Crippen molar-refractivity contribution in [1.29, 1.82) is 0 Å². The molecule has 400 valence electrons. The number of aryl methyl sites for hydroxylation is 1. The molecule has 0 saturated heterocycles. The first-order valence-electron chi connectivity index (χ1n) is 38.9. The lowest BCUT2D eigenvalue weighted by molar-refractivity contribution is 0.590. The van der Waals surface area contributed by atoms with Crippen molar-refractivity contribution in [3.8, 4) is 66.8 Å². The maximum Gasteiger partial charge on any atom is 0.252 e. The highest BCUT2D eigenvalue weighted by atomic mass is 15.2. The summed E-state index contributed by atoms with van der Waals surface area (Å²) >= 11 is 0. The SMILES string of the molecule is [2H]c1c([2H])c([2H])c(-c2cc(C(C)(C)C)cc(-c3c([2H])c([2H])c([2H])c([2H])c3[2H])c2N2c3ccc(-c4ccccc4)cc3B3c4cc(-c5ccccc5)c(C([2H])([2H])[2H])cc4N(c4c(-c5c([2H])c([2H])c([2H])c([2H])c5[2H])cc(C(C)(C)C)cc4-c4c([2H])c([2H])c([2H])c([2H])c4[2H])c4cc(C(C)(C)C)cc2c43)c([2H])c1[2H]. The van der Waals surface area contributed by atoms with E-state index >= 15 is 0 Å². The molecule has 0 aliphatic carbocycles. The van der Waals surface area contributed by atoms with Crippen molar-refractivity contribution in [2.24, 2.45) is 0 Å². The molecule has 0 unspecified atom stereocenters. The molecule has 0 fully saturated rings. The first-order valence-corrected chi connectivity index (χ1v) is 27.4. The van der Waals surface area contributed by atoms with Crippen LogP contribution in [0.3, 0.4) is 0 Å². The number of hydrogen-bond acceptors (Lipinski definition) is 2. The van der Waals surface area contributed by atoms with Crippen molar-refractivity contribution in [1.82, 2.24) is 0 Å². The van der Waals surface area contributed by atoms with Crippen LogP contribution in [0.2, 0.25) is 0 Å². The van der Waals surface area contributed by atoms with Gasteiger partial charge in [0.15, 0.2) is 0 Å². The van der Waals surface area contributed by atoms with E-state index in [4.69, 9.17) is 5.48 Å². The zero-order valence-corrected chi connectivity index (χ0v) is 47.1. The highest BCUT2D eigenvalue weighted by molar-refractivity contribution is 7.00. The molecule has 2 heterocycles. The lowest BCUT2D eigenvalue weighted by Crippen LogP contribution is -2.61. The number of benzene rings is 11. The van der Waals surface area contributed by atoms with Crippen LogP contribution in [0.5, 0.6) is 0 Å². The average molecular weight is 1080 g/mol. The number of rotatable bonds is 8. The van der Waals surface area contributed by atoms with E-state index in [9.17, 15) is 26.0 Å². The first kappa shape index (κ1) is 32.5. The topological polar surface area (TPSA) is 6.48 Å². The average Bonchev–Trinajstić information content (AvgIpc) is 0.681. The van der Waals surface area contributed by atoms with Gasteiger partial charge in [-0.25, -0.2) is 0 Å². The summed E-state index contributed by atoms with van der Waals surface area (Å²) in [6.45, 7) is 13.1. The normalized spacial score (nSPS) is 17.0. The molecule has 0 spiro atoms. The fraction of sp³-hybridized carbons (Fsp3) is 0.165. The third kappa shape index (κ3) is 9.27. The molecule has 0 aromatic heterocycles. The maximum atomic E-state index is 9.93. The maximum absolute atomic E-state index is 9.93. The van der Waals surface area contributed by atoms with Crippen LogP contribution in [0.25, 0.3) is 66.8 Å². The van der Waals surface area contributed by atoms with Gasteiger partial charge in [0.05, 0.1) is 38.8 Å². The van der Waals surface area contributed by atoms with Crippen LogP contribution in [-0.4, -0.2) is 6.71 Å². The predicted molar refractivity (Wildman–Crippen MR) is 354 cm³/mol. The Morgan fingerprint density at radius 2 is 0.707 bits per heavy atom. The third-order valence-electron chi connectivity index (χ3n) is 15.7. The van der Waals surface area contributed by atoms with Crippen LogP contribution in [0.1, 0.15) is 116 Å². The van der Waals surface area contributed by atoms with E-state index in [0.29, 0.717) is 49.9 Å². The van der Waals surface area contributed by atoms with Crippen molar-refractivity contribution in [3.05, 3.63) is 270 Å². The molecule has 0 amide bonds. The molecule has 3 heteroatoms. The van der Waals surface area contributed by atoms with Crippen LogP contribution in [-0.2, 0) is 16.2 Å². The summed E-state index contributed by atoms with van der Waals surface area (Å²) in [6, 6.07) is 24.2. The van der Waals surface area contributed by atoms with E-state index in [1.807, 2.05) is 128 Å². The summed E-state index contributed by atoms with van der Waals surface area (Å²) in [5.41, 5.74) is 1.33. The molecule has 2 nitrogen and oxygen atoms in total. The Labute approximate surface area is 519 Å². The molecule has 11 aromatic rings. The van der Waals surface area contributed by atoms with Crippen molar-refractivity contribution < 1.29 is 31.5 Å². The second kappa shape index (κ2) is 20.3. The zero-order chi connectivity index (χ0) is 76.6. The van der Waals surface area contributed by atoms with Crippen LogP contribution >= 0.6 is 0 Å². The van der Waals surface area contributed by atoms with Crippen molar-refractivity contribution in [2.75, 3.05) is 9.80 Å². The van der Waals surface area contributed by atoms with Gasteiger partial charge in [-0.2, -0.15) is 0 Å². The molecular weight excluding hydrogens is 988 g/mol. The highest BCUT2D eigenvalue weighted by Crippen LogP contribution is 2.55. The van der Waals surface area contributed by atoms with Gasteiger partial charge in [-0.1, -0.05) is 262 Å². The van der Waals surface area contributed by atoms with E-state index in [1.165, 1.54) is 6.07 Å². The second-order valence-electron chi connectivity index (χ2n) is 24.1. The van der Waals surface area contributed by atoms with Gasteiger partial charge in [-0.05, 0) is 155 Å². The minimum Gasteiger partial charge on any atom is -0.310 e. The van der Waals surface area contributed by atoms with Gasteiger partial charge in [-0.15, -0.1) is 0 Å². The molecule has 2 aliphatic rings. The monoisotopic (exact) mass is 1080 g/mol. The van der Waals surface area contributed by atoms with E-state index in [0.717, 1.165) is 5.56 Å². The van der Waals surface area contributed by atoms with Gasteiger partial charge in [-0.3, -0.25) is 0 Å². The number of anilines is 6. The summed E-state index contributed by atoms with van der Waals surface area (Å²) in [5, 5.41) is 0. The number of hydrogen-bond donors (Lipinski definition) is 0. The smallest absolute Gasteiger partial charge is 0.252 e. The second-order valence-corrected chi connectivity index (χ2v) is 24.1. The van der Waals surface area contributed by atoms with Crippen LogP contribution in [0.4, 0.5) is 34.1 Å². The Hall–Kier alpha value is -8.92. The van der Waals surface area contributed by atoms with Gasteiger partial charge in [0.25, 0.3) is 6.71 Å². The summed E-state index contributed by atoms with van der Waals surface area (Å²) in [6.07, 6.45) is 0. The van der Waals surface area contributed by atoms with Crippen molar-refractivity contribution in [3.63, 3.8) is 0 Å². The van der Waals surface area contributed by atoms with E-state index in [1.54, 1.807) is 65.6 Å². The van der Waals surface area contributed by atoms with Gasteiger partial charge in [0, 0.05) is 49.1 Å². The van der Waals surface area contributed by atoms with E-state index < -0.39 is 151 Å². The molecule has 0 radical (unpaired) electrons. The molecule has 0 N–H and O–H groups in total. The largest absolute Gasteiger partial charge is 0.310 e. The van der Waals surface area contributed by atoms with Gasteiger partial charge < -0.3 is 9.80 Å². The fourth-order valence-electron chi connectivity index (χ4n) is 11.5. The molecule has 2 aliphatic heterocycles. The predicted octanol–water partition coefficient (Wildman–Crippen LogP) is 20.0. The Bertz CT molecular complexity index is 5260. The summed E-state index contributed by atoms with van der Waals surface area (Å²) in [7, 11) is 0. The van der Waals surface area contributed by atoms with E-state index in [-0.39, 0.29) is 84.1 Å². The van der Waals surface area contributed by atoms with E-state index in [2.05, 4.69) is 0 Å². The van der Waals surface area contributed by atoms with Crippen LogP contribution in [0, 0.1) is 6.85 Å². The quantitative estimate of drug-likeness (QED) is 0.140. The van der Waals surface area contributed by atoms with Crippen molar-refractivity contribution in [2.45, 2.75) is 85.4 Å². The van der Waals surface area contributed by atoms with Gasteiger partial charge in [0.2, 0.25) is 0 Å². The van der Waals surface area contributed by atoms with Gasteiger partial charge >= 0.3 is 0 Å². The third-order valence-corrected chi connectivity index (χ3v) is 15.7. The minimum atomic E-state index is -2.92. The highest BCUT2D eigenvalue weighted by Gasteiger charge is 2.46. The molecule has 82 heavy (non-hydrogen) atoms. The molecule has 0 bridgehead atoms. The van der Waals surface area contributed by atoms with Crippen molar-refractivity contribution >= 4 is 57.2 Å². The van der Waals surface area contributed by atoms with Crippen LogP contribution in [0.15, 0.2) is 248 Å². The Balaban J connectivity index is 1.37. The Morgan fingerprint density at radius 1 is 0.329 bits per heavy atom. The molecular formula is C79H71BN2. The summed E-state index contributed by atoms with van der Waals surface area (Å²) < 4.78 is 218. The molecule has 0 atom stereocenters. The fourth-order valence-corrected chi connectivity index (χ4v) is 11.5. The molecule has 11 aromatic carbocycles. The van der Waals surface area contributed by atoms with Gasteiger partial charge in [0.1, 0.15) is 0 Å². The number of fused-ring (bicyclic) bond motifs is 4. The first-order chi connectivity index (χ1) is 49.0. The zero-order valence-electron chi connectivity index (χ0n) is 70.1. The Morgan fingerprint density at radius 3 is 1.11 bits per heavy atom. The number of nitrogens with zero attached hydrogens (tertiary/aromatic N) is 2. The minimum absolute atomic E-state index is 0.00489. The standard InChI is InChI=1S/C79H71BN2/c1-52-43-71-69(51-63(52)54-31-19-12-20-32-54)80-68-44-59(53-29-17-11-18-30-53)41-42-70(68)81(75-64(55-33-21-13-22-34-55)45-60(77(2,3)4)46-65(75)56-35-23-14-24-36-56)72-49-62(79(8,9)10)50-73(74(72)80)82(71)76-66(57-37-25-15-26-38-57)47-61(78(5,6)7)48-67(76)58-39-27-16-28-40-58/h11-51H,1-10H3/i1D3,13D,14D,15D,16D,21D,22D,23D,24D,25D,26D,27D,28D,33D,34D,35D,36D,37D,38D,39D,40D. The Kier molecular flexibility index (Phi) is 8.03. The lowest BCUT2D eigenvalue weighted by atomic mass is 9.33. The summed E-state index contributed by atoms with van der Waals surface area (Å²) in [4.78, 5) is 3.52. The lowest BCUT2D eigenvalue weighted by Gasteiger charge is -2.47. The summed E-state index contributed by atoms with van der Waals surface area (Å²) in [5.74, 6) is 0.